The van der Waals surface area contributed by atoms with E-state index < -0.39 is 5.97 Å². The van der Waals surface area contributed by atoms with Crippen molar-refractivity contribution in [3.8, 4) is 5.75 Å². The highest BCUT2D eigenvalue weighted by molar-refractivity contribution is 5.91. The Kier molecular flexibility index (Phi) is 5.85. The Labute approximate surface area is 157 Å². The summed E-state index contributed by atoms with van der Waals surface area (Å²) >= 11 is 0. The van der Waals surface area contributed by atoms with Crippen LogP contribution >= 0.6 is 0 Å². The lowest BCUT2D eigenvalue weighted by atomic mass is 9.96. The Morgan fingerprint density at radius 2 is 2.07 bits per heavy atom. The second-order valence-electron chi connectivity index (χ2n) is 6.38. The van der Waals surface area contributed by atoms with E-state index in [4.69, 9.17) is 4.74 Å². The fraction of sp³-hybridized carbons (Fsp3) is 0.368. The maximum Gasteiger partial charge on any atom is 0.339 e. The SMILES string of the molecule is COc1ccc(CNC(=O)C2CCN(c3cnccn3)CC2)cc1C(=O)O. The molecule has 1 aromatic carbocycles. The van der Waals surface area contributed by atoms with Gasteiger partial charge in [-0.2, -0.15) is 0 Å². The average molecular weight is 370 g/mol. The number of hydrogen-bond acceptors (Lipinski definition) is 6. The second-order valence-corrected chi connectivity index (χ2v) is 6.38. The zero-order chi connectivity index (χ0) is 19.2. The van der Waals surface area contributed by atoms with Gasteiger partial charge < -0.3 is 20.1 Å². The number of benzene rings is 1. The van der Waals surface area contributed by atoms with Crippen molar-refractivity contribution in [3.63, 3.8) is 0 Å². The van der Waals surface area contributed by atoms with Crippen LogP contribution in [0.2, 0.25) is 0 Å². The van der Waals surface area contributed by atoms with Crippen LogP contribution in [0.4, 0.5) is 5.82 Å². The minimum atomic E-state index is -1.06. The number of rotatable bonds is 6. The standard InChI is InChI=1S/C19H22N4O4/c1-27-16-3-2-13(10-15(16)19(25)26)11-22-18(24)14-4-8-23(9-5-14)17-12-20-6-7-21-17/h2-3,6-7,10,12,14H,4-5,8-9,11H2,1H3,(H,22,24)(H,25,26). The molecule has 1 aliphatic heterocycles. The Morgan fingerprint density at radius 1 is 1.30 bits per heavy atom. The molecule has 8 nitrogen and oxygen atoms in total. The number of hydrogen-bond donors (Lipinski definition) is 2. The zero-order valence-electron chi connectivity index (χ0n) is 15.1. The fourth-order valence-corrected chi connectivity index (χ4v) is 3.19. The molecule has 3 rings (SSSR count). The smallest absolute Gasteiger partial charge is 0.339 e. The van der Waals surface area contributed by atoms with Crippen LogP contribution in [0.25, 0.3) is 0 Å². The van der Waals surface area contributed by atoms with E-state index in [1.165, 1.54) is 13.2 Å². The van der Waals surface area contributed by atoms with Gasteiger partial charge in [-0.1, -0.05) is 6.07 Å². The summed E-state index contributed by atoms with van der Waals surface area (Å²) in [7, 11) is 1.43. The topological polar surface area (TPSA) is 105 Å². The molecular formula is C19H22N4O4. The Morgan fingerprint density at radius 3 is 2.70 bits per heavy atom. The van der Waals surface area contributed by atoms with Crippen LogP contribution in [0.1, 0.15) is 28.8 Å². The van der Waals surface area contributed by atoms with E-state index in [1.54, 1.807) is 30.7 Å². The number of anilines is 1. The summed E-state index contributed by atoms with van der Waals surface area (Å²) in [6.45, 7) is 1.79. The normalized spacial score (nSPS) is 14.6. The number of nitrogens with zero attached hydrogens (tertiary/aromatic N) is 3. The molecule has 0 saturated carbocycles. The Bertz CT molecular complexity index is 805. The third kappa shape index (κ3) is 4.52. The number of carbonyl (C=O) groups is 2. The summed E-state index contributed by atoms with van der Waals surface area (Å²) in [4.78, 5) is 34.2. The maximum atomic E-state index is 12.5. The van der Waals surface area contributed by atoms with Crippen molar-refractivity contribution in [1.29, 1.82) is 0 Å². The van der Waals surface area contributed by atoms with Gasteiger partial charge >= 0.3 is 5.97 Å². The summed E-state index contributed by atoms with van der Waals surface area (Å²) in [6.07, 6.45) is 6.51. The predicted octanol–water partition coefficient (Wildman–Crippen LogP) is 1.72. The highest BCUT2D eigenvalue weighted by Gasteiger charge is 2.25. The van der Waals surface area contributed by atoms with E-state index >= 15 is 0 Å². The molecule has 0 bridgehead atoms. The van der Waals surface area contributed by atoms with Crippen LogP contribution in [0.3, 0.4) is 0 Å². The van der Waals surface area contributed by atoms with Crippen molar-refractivity contribution in [1.82, 2.24) is 15.3 Å². The molecular weight excluding hydrogens is 348 g/mol. The maximum absolute atomic E-state index is 12.5. The number of carbonyl (C=O) groups excluding carboxylic acids is 1. The number of piperidine rings is 1. The van der Waals surface area contributed by atoms with Gasteiger partial charge in [0.05, 0.1) is 13.3 Å². The minimum absolute atomic E-state index is 0.0125. The molecule has 0 atom stereocenters. The first-order valence-electron chi connectivity index (χ1n) is 8.77. The van der Waals surface area contributed by atoms with E-state index in [2.05, 4.69) is 20.2 Å². The zero-order valence-corrected chi connectivity index (χ0v) is 15.1. The van der Waals surface area contributed by atoms with Gasteiger partial charge in [-0.25, -0.2) is 9.78 Å². The first-order chi connectivity index (χ1) is 13.1. The number of ether oxygens (including phenoxy) is 1. The van der Waals surface area contributed by atoms with Crippen LogP contribution in [0, 0.1) is 5.92 Å². The van der Waals surface area contributed by atoms with Gasteiger partial charge in [0.15, 0.2) is 0 Å². The van der Waals surface area contributed by atoms with E-state index in [0.29, 0.717) is 5.75 Å². The second kappa shape index (κ2) is 8.48. The third-order valence-corrected chi connectivity index (χ3v) is 4.70. The summed E-state index contributed by atoms with van der Waals surface area (Å²) in [5, 5.41) is 12.1. The molecule has 8 heteroatoms. The largest absolute Gasteiger partial charge is 0.496 e. The molecule has 1 aliphatic rings. The van der Waals surface area contributed by atoms with E-state index in [9.17, 15) is 14.7 Å². The molecule has 0 aliphatic carbocycles. The van der Waals surface area contributed by atoms with Crippen molar-refractivity contribution in [2.24, 2.45) is 5.92 Å². The molecule has 0 unspecified atom stereocenters. The molecule has 1 fully saturated rings. The van der Waals surface area contributed by atoms with Crippen molar-refractivity contribution in [2.45, 2.75) is 19.4 Å². The van der Waals surface area contributed by atoms with Gasteiger partial charge in [0.25, 0.3) is 0 Å². The summed E-state index contributed by atoms with van der Waals surface area (Å²) in [5.41, 5.74) is 0.806. The van der Waals surface area contributed by atoms with Gasteiger partial charge in [0, 0.05) is 37.9 Å². The lowest BCUT2D eigenvalue weighted by Crippen LogP contribution is -2.40. The van der Waals surface area contributed by atoms with E-state index in [-0.39, 0.29) is 23.9 Å². The number of aromatic carboxylic acids is 1. The molecule has 1 amide bonds. The van der Waals surface area contributed by atoms with Crippen LogP contribution in [0.15, 0.2) is 36.8 Å². The van der Waals surface area contributed by atoms with Crippen LogP contribution in [-0.2, 0) is 11.3 Å². The number of amides is 1. The lowest BCUT2D eigenvalue weighted by Gasteiger charge is -2.31. The van der Waals surface area contributed by atoms with Crippen LogP contribution in [0.5, 0.6) is 5.75 Å². The molecule has 2 aromatic rings. The molecule has 2 N–H and O–H groups in total. The van der Waals surface area contributed by atoms with Gasteiger partial charge in [-0.15, -0.1) is 0 Å². The minimum Gasteiger partial charge on any atom is -0.496 e. The van der Waals surface area contributed by atoms with Crippen molar-refractivity contribution < 1.29 is 19.4 Å². The number of nitrogens with one attached hydrogen (secondary N) is 1. The molecule has 1 aromatic heterocycles. The fourth-order valence-electron chi connectivity index (χ4n) is 3.19. The van der Waals surface area contributed by atoms with Gasteiger partial charge in [0.1, 0.15) is 17.1 Å². The average Bonchev–Trinajstić information content (AvgIpc) is 2.72. The molecule has 0 spiro atoms. The van der Waals surface area contributed by atoms with Gasteiger partial charge in [0.2, 0.25) is 5.91 Å². The predicted molar refractivity (Wildman–Crippen MR) is 98.8 cm³/mol. The van der Waals surface area contributed by atoms with E-state index in [1.807, 2.05) is 0 Å². The molecule has 1 saturated heterocycles. The van der Waals surface area contributed by atoms with Crippen molar-refractivity contribution in [2.75, 3.05) is 25.1 Å². The van der Waals surface area contributed by atoms with E-state index in [0.717, 1.165) is 37.3 Å². The first kappa shape index (κ1) is 18.6. The molecule has 2 heterocycles. The Hall–Kier alpha value is -3.16. The summed E-state index contributed by atoms with van der Waals surface area (Å²) in [6, 6.07) is 4.88. The van der Waals surface area contributed by atoms with Gasteiger partial charge in [-0.05, 0) is 30.5 Å². The molecule has 0 radical (unpaired) electrons. The number of methoxy groups -OCH3 is 1. The van der Waals surface area contributed by atoms with Crippen LogP contribution in [-0.4, -0.2) is 47.2 Å². The van der Waals surface area contributed by atoms with Gasteiger partial charge in [-0.3, -0.25) is 9.78 Å². The first-order valence-corrected chi connectivity index (χ1v) is 8.77. The summed E-state index contributed by atoms with van der Waals surface area (Å²) in [5.74, 6) is -0.00207. The highest BCUT2D eigenvalue weighted by atomic mass is 16.5. The van der Waals surface area contributed by atoms with Crippen LogP contribution < -0.4 is 15.0 Å². The quantitative estimate of drug-likeness (QED) is 0.798. The number of carboxylic acids is 1. The highest BCUT2D eigenvalue weighted by Crippen LogP contribution is 2.22. The summed E-state index contributed by atoms with van der Waals surface area (Å²) < 4.78 is 5.05. The number of carboxylic acid groups (broad SMARTS) is 1. The molecule has 27 heavy (non-hydrogen) atoms. The number of aromatic nitrogens is 2. The monoisotopic (exact) mass is 370 g/mol. The molecule has 142 valence electrons. The van der Waals surface area contributed by atoms with Crippen molar-refractivity contribution >= 4 is 17.7 Å². The third-order valence-electron chi connectivity index (χ3n) is 4.70. The van der Waals surface area contributed by atoms with Crippen molar-refractivity contribution in [3.05, 3.63) is 47.9 Å². The Balaban J connectivity index is 1.53. The lowest BCUT2D eigenvalue weighted by molar-refractivity contribution is -0.125.